The molecule has 3 rings (SSSR count). The van der Waals surface area contributed by atoms with E-state index in [2.05, 4.69) is 20.2 Å². The SMILES string of the molecule is CCN(CCc1nccc(C(C)O)n1)C(=O)c1ccccc1-n1nccn1. The van der Waals surface area contributed by atoms with Crippen LogP contribution in [0.4, 0.5) is 0 Å². The number of hydrogen-bond acceptors (Lipinski definition) is 6. The summed E-state index contributed by atoms with van der Waals surface area (Å²) in [6.07, 6.45) is 4.63. The number of para-hydroxylation sites is 1. The lowest BCUT2D eigenvalue weighted by Crippen LogP contribution is -2.33. The number of aliphatic hydroxyl groups is 1. The van der Waals surface area contributed by atoms with Gasteiger partial charge in [0.1, 0.15) is 5.82 Å². The lowest BCUT2D eigenvalue weighted by molar-refractivity contribution is 0.0765. The van der Waals surface area contributed by atoms with Crippen LogP contribution in [0.3, 0.4) is 0 Å². The van der Waals surface area contributed by atoms with E-state index in [4.69, 9.17) is 0 Å². The predicted octanol–water partition coefficient (Wildman–Crippen LogP) is 1.82. The topological polar surface area (TPSA) is 97.0 Å². The lowest BCUT2D eigenvalue weighted by Gasteiger charge is -2.22. The van der Waals surface area contributed by atoms with Crippen molar-refractivity contribution in [1.29, 1.82) is 0 Å². The van der Waals surface area contributed by atoms with Gasteiger partial charge in [-0.1, -0.05) is 12.1 Å². The number of aromatic nitrogens is 5. The van der Waals surface area contributed by atoms with E-state index in [-0.39, 0.29) is 5.91 Å². The van der Waals surface area contributed by atoms with Gasteiger partial charge in [-0.2, -0.15) is 15.0 Å². The van der Waals surface area contributed by atoms with Crippen molar-refractivity contribution in [3.63, 3.8) is 0 Å². The van der Waals surface area contributed by atoms with E-state index in [9.17, 15) is 9.90 Å². The molecule has 1 unspecified atom stereocenters. The second kappa shape index (κ2) is 8.50. The zero-order valence-corrected chi connectivity index (χ0v) is 15.4. The first-order valence-corrected chi connectivity index (χ1v) is 8.85. The van der Waals surface area contributed by atoms with Crippen LogP contribution in [-0.2, 0) is 6.42 Å². The molecule has 0 saturated heterocycles. The third-order valence-corrected chi connectivity index (χ3v) is 4.20. The summed E-state index contributed by atoms with van der Waals surface area (Å²) in [5, 5.41) is 17.9. The van der Waals surface area contributed by atoms with Crippen LogP contribution in [0, 0.1) is 0 Å². The molecule has 0 fully saturated rings. The number of nitrogens with zero attached hydrogens (tertiary/aromatic N) is 6. The number of amides is 1. The first-order chi connectivity index (χ1) is 13.1. The molecule has 0 spiro atoms. The van der Waals surface area contributed by atoms with Gasteiger partial charge < -0.3 is 10.0 Å². The Hall–Kier alpha value is -3.13. The second-order valence-electron chi connectivity index (χ2n) is 6.04. The van der Waals surface area contributed by atoms with Crippen molar-refractivity contribution in [2.45, 2.75) is 26.4 Å². The van der Waals surface area contributed by atoms with Gasteiger partial charge in [0.2, 0.25) is 0 Å². The van der Waals surface area contributed by atoms with Crippen molar-refractivity contribution in [2.75, 3.05) is 13.1 Å². The molecular weight excluding hydrogens is 344 g/mol. The molecule has 0 saturated carbocycles. The summed E-state index contributed by atoms with van der Waals surface area (Å²) in [5.41, 5.74) is 1.75. The van der Waals surface area contributed by atoms with Gasteiger partial charge in [0, 0.05) is 25.7 Å². The lowest BCUT2D eigenvalue weighted by atomic mass is 10.1. The molecule has 0 bridgehead atoms. The van der Waals surface area contributed by atoms with Gasteiger partial charge in [0.05, 0.1) is 35.4 Å². The molecule has 1 amide bonds. The first-order valence-electron chi connectivity index (χ1n) is 8.85. The van der Waals surface area contributed by atoms with Gasteiger partial charge in [-0.05, 0) is 32.0 Å². The number of likely N-dealkylation sites (N-methyl/N-ethyl adjacent to an activating group) is 1. The Morgan fingerprint density at radius 2 is 1.93 bits per heavy atom. The largest absolute Gasteiger partial charge is 0.387 e. The summed E-state index contributed by atoms with van der Waals surface area (Å²) >= 11 is 0. The fraction of sp³-hybridized carbons (Fsp3) is 0.316. The monoisotopic (exact) mass is 366 g/mol. The van der Waals surface area contributed by atoms with E-state index in [1.54, 1.807) is 42.5 Å². The molecule has 1 N–H and O–H groups in total. The number of carbonyl (C=O) groups is 1. The molecule has 2 heterocycles. The Morgan fingerprint density at radius 3 is 2.63 bits per heavy atom. The first kappa shape index (κ1) is 18.7. The zero-order valence-electron chi connectivity index (χ0n) is 15.4. The van der Waals surface area contributed by atoms with Crippen molar-refractivity contribution in [3.8, 4) is 5.69 Å². The Morgan fingerprint density at radius 1 is 1.19 bits per heavy atom. The highest BCUT2D eigenvalue weighted by atomic mass is 16.3. The average Bonchev–Trinajstić information content (AvgIpc) is 3.23. The smallest absolute Gasteiger partial charge is 0.256 e. The molecule has 3 aromatic rings. The second-order valence-corrected chi connectivity index (χ2v) is 6.04. The molecule has 0 radical (unpaired) electrons. The van der Waals surface area contributed by atoms with Crippen LogP contribution in [0.15, 0.2) is 48.9 Å². The maximum absolute atomic E-state index is 13.1. The van der Waals surface area contributed by atoms with E-state index in [0.717, 1.165) is 0 Å². The minimum Gasteiger partial charge on any atom is -0.387 e. The van der Waals surface area contributed by atoms with Gasteiger partial charge in [0.25, 0.3) is 5.91 Å². The zero-order chi connectivity index (χ0) is 19.2. The van der Waals surface area contributed by atoms with Gasteiger partial charge in [0.15, 0.2) is 0 Å². The highest BCUT2D eigenvalue weighted by molar-refractivity contribution is 5.97. The molecule has 1 aromatic carbocycles. The van der Waals surface area contributed by atoms with E-state index in [0.29, 0.717) is 42.3 Å². The number of hydrogen-bond donors (Lipinski definition) is 1. The van der Waals surface area contributed by atoms with Crippen LogP contribution >= 0.6 is 0 Å². The molecule has 0 aliphatic carbocycles. The molecular formula is C19H22N6O2. The molecule has 8 heteroatoms. The Bertz CT molecular complexity index is 895. The summed E-state index contributed by atoms with van der Waals surface area (Å²) in [6.45, 7) is 4.61. The average molecular weight is 366 g/mol. The maximum Gasteiger partial charge on any atom is 0.256 e. The Labute approximate surface area is 157 Å². The third kappa shape index (κ3) is 4.35. The highest BCUT2D eigenvalue weighted by Gasteiger charge is 2.19. The van der Waals surface area contributed by atoms with Gasteiger partial charge in [-0.15, -0.1) is 0 Å². The van der Waals surface area contributed by atoms with Crippen molar-refractivity contribution in [2.24, 2.45) is 0 Å². The fourth-order valence-corrected chi connectivity index (χ4v) is 2.75. The number of aliphatic hydroxyl groups excluding tert-OH is 1. The number of benzene rings is 1. The Kier molecular flexibility index (Phi) is 5.87. The highest BCUT2D eigenvalue weighted by Crippen LogP contribution is 2.15. The maximum atomic E-state index is 13.1. The van der Waals surface area contributed by atoms with Gasteiger partial charge >= 0.3 is 0 Å². The van der Waals surface area contributed by atoms with Crippen molar-refractivity contribution >= 4 is 5.91 Å². The van der Waals surface area contributed by atoms with E-state index < -0.39 is 6.10 Å². The van der Waals surface area contributed by atoms with Crippen molar-refractivity contribution < 1.29 is 9.90 Å². The van der Waals surface area contributed by atoms with Gasteiger partial charge in [-0.25, -0.2) is 9.97 Å². The van der Waals surface area contributed by atoms with Crippen molar-refractivity contribution in [3.05, 3.63) is 66.0 Å². The summed E-state index contributed by atoms with van der Waals surface area (Å²) in [6, 6.07) is 8.94. The summed E-state index contributed by atoms with van der Waals surface area (Å²) < 4.78 is 0. The van der Waals surface area contributed by atoms with E-state index in [1.165, 1.54) is 4.80 Å². The number of rotatable bonds is 7. The molecule has 140 valence electrons. The van der Waals surface area contributed by atoms with E-state index in [1.807, 2.05) is 25.1 Å². The molecule has 27 heavy (non-hydrogen) atoms. The summed E-state index contributed by atoms with van der Waals surface area (Å²) in [5.74, 6) is 0.499. The van der Waals surface area contributed by atoms with E-state index >= 15 is 0 Å². The van der Waals surface area contributed by atoms with Crippen molar-refractivity contribution in [1.82, 2.24) is 29.9 Å². The van der Waals surface area contributed by atoms with Crippen LogP contribution in [0.2, 0.25) is 0 Å². The third-order valence-electron chi connectivity index (χ3n) is 4.20. The molecule has 2 aromatic heterocycles. The molecule has 0 aliphatic rings. The Balaban J connectivity index is 1.77. The molecule has 1 atom stereocenters. The van der Waals surface area contributed by atoms with Crippen LogP contribution in [0.1, 0.15) is 41.8 Å². The predicted molar refractivity (Wildman–Crippen MR) is 99.3 cm³/mol. The van der Waals surface area contributed by atoms with Crippen LogP contribution in [0.25, 0.3) is 5.69 Å². The minimum atomic E-state index is -0.649. The van der Waals surface area contributed by atoms with Gasteiger partial charge in [-0.3, -0.25) is 4.79 Å². The normalized spacial score (nSPS) is 12.0. The van der Waals surface area contributed by atoms with Crippen LogP contribution < -0.4 is 0 Å². The molecule has 8 nitrogen and oxygen atoms in total. The minimum absolute atomic E-state index is 0.0999. The quantitative estimate of drug-likeness (QED) is 0.685. The summed E-state index contributed by atoms with van der Waals surface area (Å²) in [7, 11) is 0. The standard InChI is InChI=1S/C19H22N6O2/c1-3-24(13-9-18-20-10-8-16(23-18)14(2)26)19(27)15-6-4-5-7-17(15)25-21-11-12-22-25/h4-8,10-12,14,26H,3,9,13H2,1-2H3. The summed E-state index contributed by atoms with van der Waals surface area (Å²) in [4.78, 5) is 24.8. The van der Waals surface area contributed by atoms with Crippen LogP contribution in [-0.4, -0.2) is 54.0 Å². The molecule has 0 aliphatic heterocycles. The number of carbonyl (C=O) groups excluding carboxylic acids is 1. The fourth-order valence-electron chi connectivity index (χ4n) is 2.75. The van der Waals surface area contributed by atoms with Crippen LogP contribution in [0.5, 0.6) is 0 Å².